The first-order chi connectivity index (χ1) is 21.0. The van der Waals surface area contributed by atoms with Crippen LogP contribution in [-0.4, -0.2) is 0 Å². The van der Waals surface area contributed by atoms with Gasteiger partial charge in [0.25, 0.3) is 0 Å². The molecule has 0 N–H and O–H groups in total. The van der Waals surface area contributed by atoms with E-state index in [1.54, 1.807) is 12.1 Å². The van der Waals surface area contributed by atoms with E-state index in [0.717, 1.165) is 22.6 Å². The first kappa shape index (κ1) is 26.5. The predicted molar refractivity (Wildman–Crippen MR) is 179 cm³/mol. The third-order valence-corrected chi connectivity index (χ3v) is 9.21. The van der Waals surface area contributed by atoms with Gasteiger partial charge in [0.1, 0.15) is 22.3 Å². The number of nitrogens with zero attached hydrogens (tertiary/aromatic N) is 1. The van der Waals surface area contributed by atoms with Crippen LogP contribution in [-0.2, 0) is 10.8 Å². The summed E-state index contributed by atoms with van der Waals surface area (Å²) in [5.41, 5.74) is 7.65. The van der Waals surface area contributed by atoms with Crippen molar-refractivity contribution < 1.29 is 8.83 Å². The zero-order chi connectivity index (χ0) is 30.5. The highest BCUT2D eigenvalue weighted by molar-refractivity contribution is 6.01. The average molecular weight is 578 g/mol. The van der Waals surface area contributed by atoms with Crippen molar-refractivity contribution in [2.24, 2.45) is 0 Å². The summed E-state index contributed by atoms with van der Waals surface area (Å²) in [6.07, 6.45) is 0. The molecular formula is C39H31NO4. The van der Waals surface area contributed by atoms with Gasteiger partial charge in [-0.15, -0.1) is 0 Å². The van der Waals surface area contributed by atoms with E-state index in [9.17, 15) is 9.59 Å². The molecule has 1 aliphatic rings. The standard InChI is InChI=1S/C39H31NO4/c1-38(2,3)22-14-16-24-33(18-22)44-35-21-34-27(20-26(35)36(24)41)37(42)25-19-23(15-17-32(25)43-34)40-30-12-8-6-10-28(30)39(4,5)29-11-7-9-13-31(29)40/h6-21H,1-5H3. The third-order valence-electron chi connectivity index (χ3n) is 9.21. The number of hydrogen-bond donors (Lipinski definition) is 0. The Hall–Kier alpha value is -5.16. The van der Waals surface area contributed by atoms with Gasteiger partial charge in [-0.05, 0) is 70.6 Å². The molecule has 8 rings (SSSR count). The lowest BCUT2D eigenvalue weighted by Gasteiger charge is -2.42. The SMILES string of the molecule is CC(C)(C)c1ccc2c(=O)c3cc4c(=O)c5cc(N6c7ccccc7C(C)(C)c7ccccc76)ccc5oc4cc3oc2c1. The molecule has 0 saturated carbocycles. The zero-order valence-electron chi connectivity index (χ0n) is 25.3. The van der Waals surface area contributed by atoms with Crippen LogP contribution in [0.15, 0.2) is 115 Å². The van der Waals surface area contributed by atoms with Gasteiger partial charge in [0.2, 0.25) is 10.9 Å². The molecule has 0 aliphatic carbocycles. The van der Waals surface area contributed by atoms with Gasteiger partial charge < -0.3 is 13.7 Å². The second kappa shape index (κ2) is 8.93. The van der Waals surface area contributed by atoms with E-state index < -0.39 is 0 Å². The van der Waals surface area contributed by atoms with E-state index >= 15 is 0 Å². The van der Waals surface area contributed by atoms with Crippen molar-refractivity contribution in [3.05, 3.63) is 134 Å². The lowest BCUT2D eigenvalue weighted by Crippen LogP contribution is -2.30. The van der Waals surface area contributed by atoms with Crippen LogP contribution in [0.3, 0.4) is 0 Å². The Bertz CT molecular complexity index is 2410. The summed E-state index contributed by atoms with van der Waals surface area (Å²) in [5.74, 6) is 0. The van der Waals surface area contributed by atoms with Gasteiger partial charge in [0.05, 0.1) is 32.9 Å². The minimum atomic E-state index is -0.188. The number of para-hydroxylation sites is 2. The van der Waals surface area contributed by atoms with Crippen molar-refractivity contribution in [2.45, 2.75) is 45.4 Å². The highest BCUT2D eigenvalue weighted by atomic mass is 16.3. The molecule has 0 radical (unpaired) electrons. The van der Waals surface area contributed by atoms with E-state index in [2.05, 4.69) is 75.9 Å². The van der Waals surface area contributed by atoms with E-state index in [4.69, 9.17) is 8.83 Å². The number of rotatable bonds is 1. The molecule has 3 heterocycles. The van der Waals surface area contributed by atoms with Crippen LogP contribution < -0.4 is 15.8 Å². The van der Waals surface area contributed by atoms with Gasteiger partial charge in [-0.2, -0.15) is 0 Å². The Morgan fingerprint density at radius 1 is 0.568 bits per heavy atom. The van der Waals surface area contributed by atoms with Crippen molar-refractivity contribution >= 4 is 60.9 Å². The summed E-state index contributed by atoms with van der Waals surface area (Å²) in [5, 5.41) is 1.65. The Morgan fingerprint density at radius 3 is 1.75 bits per heavy atom. The van der Waals surface area contributed by atoms with Crippen LogP contribution in [0.4, 0.5) is 17.1 Å². The Morgan fingerprint density at radius 2 is 1.11 bits per heavy atom. The normalized spacial score (nSPS) is 14.3. The van der Waals surface area contributed by atoms with Crippen molar-refractivity contribution in [2.75, 3.05) is 4.90 Å². The predicted octanol–water partition coefficient (Wildman–Crippen LogP) is 9.61. The molecule has 0 unspecified atom stereocenters. The third kappa shape index (κ3) is 3.72. The van der Waals surface area contributed by atoms with Gasteiger partial charge >= 0.3 is 0 Å². The molecule has 0 spiro atoms. The molecule has 5 heteroatoms. The molecule has 216 valence electrons. The maximum absolute atomic E-state index is 14.1. The molecule has 44 heavy (non-hydrogen) atoms. The molecule has 5 aromatic carbocycles. The molecule has 0 bridgehead atoms. The molecule has 1 aliphatic heterocycles. The Kier molecular flexibility index (Phi) is 5.37. The number of fused-ring (bicyclic) bond motifs is 6. The maximum atomic E-state index is 14.1. The van der Waals surface area contributed by atoms with Crippen LogP contribution in [0.1, 0.15) is 51.3 Å². The molecule has 0 atom stereocenters. The molecule has 5 nitrogen and oxygen atoms in total. The van der Waals surface area contributed by atoms with E-state index in [1.807, 2.05) is 48.5 Å². The molecule has 2 aromatic heterocycles. The first-order valence-electron chi connectivity index (χ1n) is 14.9. The number of hydrogen-bond acceptors (Lipinski definition) is 5. The fraction of sp³-hybridized carbons (Fsp3) is 0.179. The van der Waals surface area contributed by atoms with E-state index in [1.165, 1.54) is 11.1 Å². The van der Waals surface area contributed by atoms with Gasteiger partial charge in [-0.25, -0.2) is 0 Å². The number of benzene rings is 5. The fourth-order valence-corrected chi connectivity index (χ4v) is 6.74. The quantitative estimate of drug-likeness (QED) is 0.182. The smallest absolute Gasteiger partial charge is 0.200 e. The zero-order valence-corrected chi connectivity index (χ0v) is 25.3. The van der Waals surface area contributed by atoms with E-state index in [-0.39, 0.29) is 21.7 Å². The lowest BCUT2D eigenvalue weighted by atomic mass is 9.73. The Labute approximate surface area is 254 Å². The minimum absolute atomic E-state index is 0.0930. The highest BCUT2D eigenvalue weighted by Gasteiger charge is 2.36. The van der Waals surface area contributed by atoms with Gasteiger partial charge in [0.15, 0.2) is 0 Å². The minimum Gasteiger partial charge on any atom is -0.456 e. The van der Waals surface area contributed by atoms with Gasteiger partial charge in [-0.3, -0.25) is 9.59 Å². The largest absolute Gasteiger partial charge is 0.456 e. The van der Waals surface area contributed by atoms with Crippen LogP contribution in [0.2, 0.25) is 0 Å². The average Bonchev–Trinajstić information content (AvgIpc) is 3.00. The van der Waals surface area contributed by atoms with Crippen molar-refractivity contribution in [1.82, 2.24) is 0 Å². The summed E-state index contributed by atoms with van der Waals surface area (Å²) in [4.78, 5) is 29.9. The fourth-order valence-electron chi connectivity index (χ4n) is 6.74. The summed E-state index contributed by atoms with van der Waals surface area (Å²) >= 11 is 0. The monoisotopic (exact) mass is 577 g/mol. The highest BCUT2D eigenvalue weighted by Crippen LogP contribution is 2.51. The molecular weight excluding hydrogens is 546 g/mol. The van der Waals surface area contributed by atoms with Crippen LogP contribution in [0.25, 0.3) is 43.9 Å². The summed E-state index contributed by atoms with van der Waals surface area (Å²) in [6.45, 7) is 10.9. The molecule has 7 aromatic rings. The molecule has 0 saturated heterocycles. The van der Waals surface area contributed by atoms with Crippen molar-refractivity contribution in [3.63, 3.8) is 0 Å². The topological polar surface area (TPSA) is 63.7 Å². The summed E-state index contributed by atoms with van der Waals surface area (Å²) in [7, 11) is 0. The van der Waals surface area contributed by atoms with Gasteiger partial charge in [-0.1, -0.05) is 77.1 Å². The Balaban J connectivity index is 1.35. The van der Waals surface area contributed by atoms with Crippen molar-refractivity contribution in [1.29, 1.82) is 0 Å². The molecule has 0 amide bonds. The summed E-state index contributed by atoms with van der Waals surface area (Å²) in [6, 6.07) is 31.6. The van der Waals surface area contributed by atoms with Crippen LogP contribution in [0.5, 0.6) is 0 Å². The maximum Gasteiger partial charge on any atom is 0.200 e. The van der Waals surface area contributed by atoms with E-state index in [0.29, 0.717) is 43.9 Å². The summed E-state index contributed by atoms with van der Waals surface area (Å²) < 4.78 is 12.5. The lowest BCUT2D eigenvalue weighted by molar-refractivity contribution is 0.586. The van der Waals surface area contributed by atoms with Gasteiger partial charge in [0, 0.05) is 17.2 Å². The second-order valence-electron chi connectivity index (χ2n) is 13.3. The first-order valence-corrected chi connectivity index (χ1v) is 14.9. The number of anilines is 3. The van der Waals surface area contributed by atoms with Crippen molar-refractivity contribution in [3.8, 4) is 0 Å². The molecule has 0 fully saturated rings. The second-order valence-corrected chi connectivity index (χ2v) is 13.3. The van der Waals surface area contributed by atoms with Crippen LogP contribution in [0, 0.1) is 0 Å². The van der Waals surface area contributed by atoms with Crippen LogP contribution >= 0.6 is 0 Å².